The lowest BCUT2D eigenvalue weighted by Gasteiger charge is -2.15. The highest BCUT2D eigenvalue weighted by atomic mass is 79.9. The summed E-state index contributed by atoms with van der Waals surface area (Å²) in [7, 11) is 0. The van der Waals surface area contributed by atoms with Crippen molar-refractivity contribution in [3.63, 3.8) is 0 Å². The van der Waals surface area contributed by atoms with E-state index in [0.29, 0.717) is 12.3 Å². The fraction of sp³-hybridized carbons (Fsp3) is 0.211. The first-order chi connectivity index (χ1) is 12.5. The molecular formula is C19H18BrN3O2S. The predicted molar refractivity (Wildman–Crippen MR) is 106 cm³/mol. The Labute approximate surface area is 164 Å². The molecule has 0 bridgehead atoms. The molecule has 2 heterocycles. The molecule has 5 nitrogen and oxygen atoms in total. The maximum absolute atomic E-state index is 12.3. The standard InChI is InChI=1S/C19H18BrN3O2S/c1-12-3-4-17(15(20)9-12)25-13(2)19(24)22-10-18-23-16(11-26-18)14-5-7-21-8-6-14/h3-9,11,13H,10H2,1-2H3,(H,22,24). The third kappa shape index (κ3) is 4.68. The van der Waals surface area contributed by atoms with E-state index in [1.807, 2.05) is 42.6 Å². The molecule has 0 saturated heterocycles. The van der Waals surface area contributed by atoms with Gasteiger partial charge in [0, 0.05) is 23.3 Å². The predicted octanol–water partition coefficient (Wildman–Crippen LogP) is 4.36. The van der Waals surface area contributed by atoms with Gasteiger partial charge in [-0.25, -0.2) is 4.98 Å². The molecule has 0 radical (unpaired) electrons. The van der Waals surface area contributed by atoms with E-state index < -0.39 is 6.10 Å². The number of nitrogens with one attached hydrogen (secondary N) is 1. The lowest BCUT2D eigenvalue weighted by atomic mass is 10.2. The van der Waals surface area contributed by atoms with Crippen molar-refractivity contribution >= 4 is 33.2 Å². The second-order valence-corrected chi connectivity index (χ2v) is 7.57. The molecule has 0 fully saturated rings. The van der Waals surface area contributed by atoms with Crippen LogP contribution in [0, 0.1) is 6.92 Å². The number of ether oxygens (including phenoxy) is 1. The van der Waals surface area contributed by atoms with Crippen molar-refractivity contribution in [1.29, 1.82) is 0 Å². The maximum atomic E-state index is 12.3. The summed E-state index contributed by atoms with van der Waals surface area (Å²) in [5, 5.41) is 5.68. The topological polar surface area (TPSA) is 64.1 Å². The summed E-state index contributed by atoms with van der Waals surface area (Å²) >= 11 is 4.97. The van der Waals surface area contributed by atoms with Crippen LogP contribution in [0.5, 0.6) is 5.75 Å². The molecule has 1 N–H and O–H groups in total. The molecule has 0 spiro atoms. The quantitative estimate of drug-likeness (QED) is 0.629. The van der Waals surface area contributed by atoms with Crippen LogP contribution < -0.4 is 10.1 Å². The summed E-state index contributed by atoms with van der Waals surface area (Å²) in [6, 6.07) is 9.57. The molecule has 1 amide bonds. The SMILES string of the molecule is Cc1ccc(OC(C)C(=O)NCc2nc(-c3ccncc3)cs2)c(Br)c1. The van der Waals surface area contributed by atoms with Crippen molar-refractivity contribution in [3.05, 3.63) is 63.1 Å². The van der Waals surface area contributed by atoms with Gasteiger partial charge < -0.3 is 10.1 Å². The molecule has 0 aliphatic rings. The highest BCUT2D eigenvalue weighted by Crippen LogP contribution is 2.26. The van der Waals surface area contributed by atoms with E-state index in [1.54, 1.807) is 19.3 Å². The van der Waals surface area contributed by atoms with Crippen LogP contribution in [-0.4, -0.2) is 22.0 Å². The van der Waals surface area contributed by atoms with Crippen LogP contribution in [0.2, 0.25) is 0 Å². The minimum atomic E-state index is -0.603. The van der Waals surface area contributed by atoms with Crippen LogP contribution in [0.15, 0.2) is 52.6 Å². The van der Waals surface area contributed by atoms with Gasteiger partial charge in [0.2, 0.25) is 0 Å². The van der Waals surface area contributed by atoms with Gasteiger partial charge in [-0.15, -0.1) is 11.3 Å². The van der Waals surface area contributed by atoms with Crippen molar-refractivity contribution in [3.8, 4) is 17.0 Å². The molecule has 2 aromatic heterocycles. The van der Waals surface area contributed by atoms with Gasteiger partial charge >= 0.3 is 0 Å². The fourth-order valence-corrected chi connectivity index (χ4v) is 3.63. The minimum absolute atomic E-state index is 0.182. The number of hydrogen-bond acceptors (Lipinski definition) is 5. The van der Waals surface area contributed by atoms with Crippen LogP contribution in [0.25, 0.3) is 11.3 Å². The molecule has 1 unspecified atom stereocenters. The van der Waals surface area contributed by atoms with Gasteiger partial charge in [-0.1, -0.05) is 6.07 Å². The highest BCUT2D eigenvalue weighted by Gasteiger charge is 2.16. The summed E-state index contributed by atoms with van der Waals surface area (Å²) in [4.78, 5) is 20.8. The first kappa shape index (κ1) is 18.5. The number of aryl methyl sites for hydroxylation is 1. The van der Waals surface area contributed by atoms with Crippen molar-refractivity contribution < 1.29 is 9.53 Å². The average molecular weight is 432 g/mol. The second kappa shape index (κ2) is 8.42. The first-order valence-electron chi connectivity index (χ1n) is 8.08. The lowest BCUT2D eigenvalue weighted by Crippen LogP contribution is -2.35. The molecule has 0 saturated carbocycles. The molecule has 26 heavy (non-hydrogen) atoms. The van der Waals surface area contributed by atoms with Gasteiger partial charge in [-0.3, -0.25) is 9.78 Å². The van der Waals surface area contributed by atoms with Gasteiger partial charge in [0.25, 0.3) is 5.91 Å². The van der Waals surface area contributed by atoms with Crippen molar-refractivity contribution in [1.82, 2.24) is 15.3 Å². The second-order valence-electron chi connectivity index (χ2n) is 5.77. The largest absolute Gasteiger partial charge is 0.480 e. The monoisotopic (exact) mass is 431 g/mol. The van der Waals surface area contributed by atoms with Crippen LogP contribution in [0.1, 0.15) is 17.5 Å². The molecular weight excluding hydrogens is 414 g/mol. The third-order valence-corrected chi connectivity index (χ3v) is 5.17. The Morgan fingerprint density at radius 3 is 2.81 bits per heavy atom. The Balaban J connectivity index is 1.56. The number of carbonyl (C=O) groups excluding carboxylic acids is 1. The normalized spacial score (nSPS) is 11.8. The molecule has 3 rings (SSSR count). The number of halogens is 1. The van der Waals surface area contributed by atoms with E-state index in [1.165, 1.54) is 11.3 Å². The van der Waals surface area contributed by atoms with E-state index in [9.17, 15) is 4.79 Å². The summed E-state index contributed by atoms with van der Waals surface area (Å²) in [6.07, 6.45) is 2.87. The summed E-state index contributed by atoms with van der Waals surface area (Å²) in [5.41, 5.74) is 3.01. The summed E-state index contributed by atoms with van der Waals surface area (Å²) in [6.45, 7) is 4.10. The number of benzene rings is 1. The molecule has 134 valence electrons. The summed E-state index contributed by atoms with van der Waals surface area (Å²) in [5.74, 6) is 0.464. The average Bonchev–Trinajstić information content (AvgIpc) is 3.11. The van der Waals surface area contributed by atoms with Gasteiger partial charge in [-0.2, -0.15) is 0 Å². The Morgan fingerprint density at radius 2 is 2.08 bits per heavy atom. The number of pyridine rings is 1. The first-order valence-corrected chi connectivity index (χ1v) is 9.75. The van der Waals surface area contributed by atoms with E-state index in [2.05, 4.69) is 31.2 Å². The molecule has 7 heteroatoms. The van der Waals surface area contributed by atoms with Gasteiger partial charge in [-0.05, 0) is 59.6 Å². The van der Waals surface area contributed by atoms with Crippen LogP contribution in [0.4, 0.5) is 0 Å². The Bertz CT molecular complexity index is 899. The molecule has 3 aromatic rings. The molecule has 0 aliphatic heterocycles. The van der Waals surface area contributed by atoms with Gasteiger partial charge in [0.15, 0.2) is 6.10 Å². The molecule has 1 atom stereocenters. The van der Waals surface area contributed by atoms with Crippen molar-refractivity contribution in [2.45, 2.75) is 26.5 Å². The number of aromatic nitrogens is 2. The number of amides is 1. The summed E-state index contributed by atoms with van der Waals surface area (Å²) < 4.78 is 6.57. The number of hydrogen-bond donors (Lipinski definition) is 1. The molecule has 0 aliphatic carbocycles. The Kier molecular flexibility index (Phi) is 6.00. The van der Waals surface area contributed by atoms with E-state index in [0.717, 1.165) is 26.3 Å². The number of rotatable bonds is 6. The number of thiazole rings is 1. The van der Waals surface area contributed by atoms with Crippen molar-refractivity contribution in [2.75, 3.05) is 0 Å². The highest BCUT2D eigenvalue weighted by molar-refractivity contribution is 9.10. The fourth-order valence-electron chi connectivity index (χ4n) is 2.30. The van der Waals surface area contributed by atoms with Crippen LogP contribution in [0.3, 0.4) is 0 Å². The third-order valence-electron chi connectivity index (χ3n) is 3.70. The lowest BCUT2D eigenvalue weighted by molar-refractivity contribution is -0.127. The van der Waals surface area contributed by atoms with Crippen LogP contribution >= 0.6 is 27.3 Å². The maximum Gasteiger partial charge on any atom is 0.261 e. The van der Waals surface area contributed by atoms with Crippen molar-refractivity contribution in [2.24, 2.45) is 0 Å². The Morgan fingerprint density at radius 1 is 1.31 bits per heavy atom. The number of carbonyl (C=O) groups is 1. The van der Waals surface area contributed by atoms with Gasteiger partial charge in [0.05, 0.1) is 16.7 Å². The molecule has 1 aromatic carbocycles. The van der Waals surface area contributed by atoms with Crippen LogP contribution in [-0.2, 0) is 11.3 Å². The zero-order chi connectivity index (χ0) is 18.5. The minimum Gasteiger partial charge on any atom is -0.480 e. The van der Waals surface area contributed by atoms with E-state index in [-0.39, 0.29) is 5.91 Å². The Hall–Kier alpha value is -2.25. The van der Waals surface area contributed by atoms with E-state index >= 15 is 0 Å². The van der Waals surface area contributed by atoms with E-state index in [4.69, 9.17) is 4.74 Å². The van der Waals surface area contributed by atoms with Gasteiger partial charge in [0.1, 0.15) is 10.8 Å². The number of nitrogens with zero attached hydrogens (tertiary/aromatic N) is 2. The zero-order valence-corrected chi connectivity index (χ0v) is 16.8. The zero-order valence-electron chi connectivity index (χ0n) is 14.4. The smallest absolute Gasteiger partial charge is 0.261 e.